The van der Waals surface area contributed by atoms with Crippen LogP contribution in [0.5, 0.6) is 11.6 Å². The molecule has 0 saturated carbocycles. The lowest BCUT2D eigenvalue weighted by atomic mass is 10.1. The first-order valence-corrected chi connectivity index (χ1v) is 10.1. The summed E-state index contributed by atoms with van der Waals surface area (Å²) in [6.45, 7) is 5.19. The normalized spacial score (nSPS) is 11.7. The van der Waals surface area contributed by atoms with Gasteiger partial charge >= 0.3 is 12.1 Å². The van der Waals surface area contributed by atoms with Crippen molar-refractivity contribution in [2.75, 3.05) is 7.11 Å². The summed E-state index contributed by atoms with van der Waals surface area (Å²) >= 11 is 5.89. The van der Waals surface area contributed by atoms with Gasteiger partial charge in [-0.25, -0.2) is 14.6 Å². The minimum absolute atomic E-state index is 0.0447. The van der Waals surface area contributed by atoms with Gasteiger partial charge in [0, 0.05) is 16.5 Å². The van der Waals surface area contributed by atoms with Crippen LogP contribution in [0.2, 0.25) is 5.02 Å². The second kappa shape index (κ2) is 9.70. The van der Waals surface area contributed by atoms with Crippen molar-refractivity contribution < 1.29 is 23.8 Å². The molecule has 0 aliphatic rings. The van der Waals surface area contributed by atoms with Crippen LogP contribution in [0, 0.1) is 0 Å². The van der Waals surface area contributed by atoms with Gasteiger partial charge in [-0.05, 0) is 74.9 Å². The van der Waals surface area contributed by atoms with Gasteiger partial charge in [-0.1, -0.05) is 17.7 Å². The number of alkyl carbamates (subject to hydrolysis) is 1. The van der Waals surface area contributed by atoms with Crippen LogP contribution < -0.4 is 10.1 Å². The predicted molar refractivity (Wildman–Crippen MR) is 123 cm³/mol. The molecule has 1 aromatic heterocycles. The second-order valence-corrected chi connectivity index (χ2v) is 8.27. The van der Waals surface area contributed by atoms with Crippen molar-refractivity contribution in [3.63, 3.8) is 0 Å². The number of benzene rings is 2. The number of methoxy groups -OCH3 is 1. The Kier molecular flexibility index (Phi) is 7.00. The molecule has 3 aromatic rings. The number of carbonyl (C=O) groups is 2. The number of pyridine rings is 1. The molecule has 1 heterocycles. The Bertz CT molecular complexity index is 1170. The molecule has 0 fully saturated rings. The molecule has 7 nitrogen and oxygen atoms in total. The zero-order valence-electron chi connectivity index (χ0n) is 18.1. The predicted octanol–water partition coefficient (Wildman–Crippen LogP) is 5.72. The highest BCUT2D eigenvalue weighted by Crippen LogP contribution is 2.25. The molecule has 0 aliphatic carbocycles. The van der Waals surface area contributed by atoms with Crippen molar-refractivity contribution in [3.05, 3.63) is 70.9 Å². The molecular weight excluding hydrogens is 432 g/mol. The highest BCUT2D eigenvalue weighted by atomic mass is 35.5. The monoisotopic (exact) mass is 454 g/mol. The molecule has 0 saturated heterocycles. The summed E-state index contributed by atoms with van der Waals surface area (Å²) in [6.07, 6.45) is 0.758. The molecule has 8 heteroatoms. The van der Waals surface area contributed by atoms with Crippen LogP contribution in [0.3, 0.4) is 0 Å². The third kappa shape index (κ3) is 6.46. The summed E-state index contributed by atoms with van der Waals surface area (Å²) in [5.74, 6) is 0.363. The summed E-state index contributed by atoms with van der Waals surface area (Å²) in [6, 6.07) is 16.0. The van der Waals surface area contributed by atoms with Crippen LogP contribution in [0.4, 0.5) is 4.79 Å². The highest BCUT2D eigenvalue weighted by molar-refractivity contribution is 6.30. The Hall–Kier alpha value is -3.58. The maximum Gasteiger partial charge on any atom is 0.412 e. The van der Waals surface area contributed by atoms with E-state index in [0.717, 1.165) is 5.39 Å². The fraction of sp³-hybridized carbons (Fsp3) is 0.208. The number of amides is 1. The van der Waals surface area contributed by atoms with Crippen LogP contribution in [0.1, 0.15) is 26.3 Å². The number of aromatic nitrogens is 1. The van der Waals surface area contributed by atoms with Crippen LogP contribution in [-0.2, 0) is 14.3 Å². The van der Waals surface area contributed by atoms with Crippen molar-refractivity contribution in [1.29, 1.82) is 0 Å². The molecule has 166 valence electrons. The minimum atomic E-state index is -0.749. The topological polar surface area (TPSA) is 86.8 Å². The van der Waals surface area contributed by atoms with Crippen LogP contribution in [0.15, 0.2) is 60.3 Å². The lowest BCUT2D eigenvalue weighted by Crippen LogP contribution is -2.34. The maximum atomic E-state index is 12.1. The SMILES string of the molecule is COC(=O)/C(=C/c1ccc2nc(Oc3ccc(Cl)cc3)ccc2c1)NC(=O)OC(C)(C)C. The summed E-state index contributed by atoms with van der Waals surface area (Å²) < 4.78 is 15.7. The van der Waals surface area contributed by atoms with E-state index >= 15 is 0 Å². The Morgan fingerprint density at radius 1 is 1.03 bits per heavy atom. The standard InChI is InChI=1S/C24H23ClN2O5/c1-24(2,3)32-23(29)27-20(22(28)30-4)14-15-5-11-19-16(13-15)6-12-21(26-19)31-18-9-7-17(25)8-10-18/h5-14H,1-4H3,(H,27,29)/b20-14-. The average Bonchev–Trinajstić information content (AvgIpc) is 2.73. The Morgan fingerprint density at radius 3 is 2.41 bits per heavy atom. The van der Waals surface area contributed by atoms with Gasteiger partial charge in [-0.3, -0.25) is 5.32 Å². The van der Waals surface area contributed by atoms with E-state index in [-0.39, 0.29) is 5.70 Å². The highest BCUT2D eigenvalue weighted by Gasteiger charge is 2.20. The van der Waals surface area contributed by atoms with E-state index in [1.807, 2.05) is 12.1 Å². The van der Waals surface area contributed by atoms with Crippen molar-refractivity contribution in [2.24, 2.45) is 0 Å². The Morgan fingerprint density at radius 2 is 1.75 bits per heavy atom. The zero-order chi connectivity index (χ0) is 23.3. The van der Waals surface area contributed by atoms with Gasteiger partial charge in [0.25, 0.3) is 0 Å². The van der Waals surface area contributed by atoms with E-state index in [1.165, 1.54) is 13.2 Å². The zero-order valence-corrected chi connectivity index (χ0v) is 18.9. The number of halogens is 1. The van der Waals surface area contributed by atoms with E-state index in [9.17, 15) is 9.59 Å². The lowest BCUT2D eigenvalue weighted by molar-refractivity contribution is -0.136. The summed E-state index contributed by atoms with van der Waals surface area (Å²) in [5.41, 5.74) is 0.623. The Balaban J connectivity index is 1.83. The first kappa shape index (κ1) is 23.1. The summed E-state index contributed by atoms with van der Waals surface area (Å²) in [7, 11) is 1.24. The van der Waals surface area contributed by atoms with Gasteiger partial charge in [-0.2, -0.15) is 0 Å². The molecular formula is C24H23ClN2O5. The number of ether oxygens (including phenoxy) is 3. The maximum absolute atomic E-state index is 12.1. The third-order valence-electron chi connectivity index (χ3n) is 4.08. The van der Waals surface area contributed by atoms with Crippen LogP contribution >= 0.6 is 11.6 Å². The molecule has 0 unspecified atom stereocenters. The average molecular weight is 455 g/mol. The number of esters is 1. The van der Waals surface area contributed by atoms with Crippen LogP contribution in [-0.4, -0.2) is 29.8 Å². The number of hydrogen-bond donors (Lipinski definition) is 1. The van der Waals surface area contributed by atoms with Crippen LogP contribution in [0.25, 0.3) is 17.0 Å². The van der Waals surface area contributed by atoms with Crippen molar-refractivity contribution in [1.82, 2.24) is 10.3 Å². The van der Waals surface area contributed by atoms with E-state index in [1.54, 1.807) is 63.2 Å². The number of carbonyl (C=O) groups excluding carboxylic acids is 2. The number of nitrogens with zero attached hydrogens (tertiary/aromatic N) is 1. The number of rotatable bonds is 5. The smallest absolute Gasteiger partial charge is 0.412 e. The van der Waals surface area contributed by atoms with E-state index in [4.69, 9.17) is 25.8 Å². The molecule has 0 radical (unpaired) electrons. The van der Waals surface area contributed by atoms with E-state index in [0.29, 0.717) is 27.7 Å². The summed E-state index contributed by atoms with van der Waals surface area (Å²) in [5, 5.41) is 3.89. The number of hydrogen-bond acceptors (Lipinski definition) is 6. The molecule has 0 bridgehead atoms. The fourth-order valence-corrected chi connectivity index (χ4v) is 2.86. The molecule has 1 N–H and O–H groups in total. The molecule has 32 heavy (non-hydrogen) atoms. The molecule has 1 amide bonds. The van der Waals surface area contributed by atoms with E-state index in [2.05, 4.69) is 10.3 Å². The Labute approximate surface area is 191 Å². The fourth-order valence-electron chi connectivity index (χ4n) is 2.73. The second-order valence-electron chi connectivity index (χ2n) is 7.83. The number of nitrogens with one attached hydrogen (secondary N) is 1. The summed E-state index contributed by atoms with van der Waals surface area (Å²) in [4.78, 5) is 28.7. The third-order valence-corrected chi connectivity index (χ3v) is 4.33. The van der Waals surface area contributed by atoms with Gasteiger partial charge < -0.3 is 14.2 Å². The quantitative estimate of drug-likeness (QED) is 0.392. The first-order valence-electron chi connectivity index (χ1n) is 9.77. The van der Waals surface area contributed by atoms with Crippen molar-refractivity contribution in [3.8, 4) is 11.6 Å². The van der Waals surface area contributed by atoms with Gasteiger partial charge in [0.05, 0.1) is 12.6 Å². The molecule has 2 aromatic carbocycles. The van der Waals surface area contributed by atoms with Gasteiger partial charge in [-0.15, -0.1) is 0 Å². The van der Waals surface area contributed by atoms with Gasteiger partial charge in [0.2, 0.25) is 5.88 Å². The van der Waals surface area contributed by atoms with Gasteiger partial charge in [0.1, 0.15) is 17.0 Å². The minimum Gasteiger partial charge on any atom is -0.464 e. The first-order chi connectivity index (χ1) is 15.1. The van der Waals surface area contributed by atoms with E-state index < -0.39 is 17.7 Å². The van der Waals surface area contributed by atoms with Crippen molar-refractivity contribution >= 4 is 40.6 Å². The number of fused-ring (bicyclic) bond motifs is 1. The lowest BCUT2D eigenvalue weighted by Gasteiger charge is -2.20. The van der Waals surface area contributed by atoms with Crippen molar-refractivity contribution in [2.45, 2.75) is 26.4 Å². The molecule has 0 aliphatic heterocycles. The largest absolute Gasteiger partial charge is 0.464 e. The molecule has 0 spiro atoms. The molecule has 3 rings (SSSR count). The molecule has 0 atom stereocenters. The van der Waals surface area contributed by atoms with Gasteiger partial charge in [0.15, 0.2) is 0 Å².